The van der Waals surface area contributed by atoms with Gasteiger partial charge < -0.3 is 18.9 Å². The van der Waals surface area contributed by atoms with Crippen molar-refractivity contribution in [2.45, 2.75) is 43.0 Å². The SMILES string of the molecule is CO[Si](C)(CCCNC(=O)OCC(F)(F)C(F)(F)C(F)(F)C(F)(F)F)OC. The van der Waals surface area contributed by atoms with E-state index < -0.39 is 45.2 Å². The Morgan fingerprint density at radius 3 is 1.81 bits per heavy atom. The summed E-state index contributed by atoms with van der Waals surface area (Å²) in [5, 5.41) is 1.86. The summed E-state index contributed by atoms with van der Waals surface area (Å²) in [6.45, 7) is -1.20. The molecule has 15 heteroatoms. The number of rotatable bonds is 10. The Bertz CT molecular complexity index is 498. The van der Waals surface area contributed by atoms with Crippen molar-refractivity contribution in [2.75, 3.05) is 27.4 Å². The summed E-state index contributed by atoms with van der Waals surface area (Å²) in [6, 6.07) is 0.340. The number of carbonyl (C=O) groups is 1. The zero-order valence-electron chi connectivity index (χ0n) is 14.4. The summed E-state index contributed by atoms with van der Waals surface area (Å²) in [7, 11) is 0.288. The van der Waals surface area contributed by atoms with Crippen molar-refractivity contribution in [1.82, 2.24) is 5.32 Å². The molecule has 0 saturated heterocycles. The van der Waals surface area contributed by atoms with Gasteiger partial charge in [-0.3, -0.25) is 0 Å². The van der Waals surface area contributed by atoms with Crippen molar-refractivity contribution in [1.29, 1.82) is 0 Å². The molecule has 0 aromatic heterocycles. The van der Waals surface area contributed by atoms with Crippen molar-refractivity contribution in [3.63, 3.8) is 0 Å². The van der Waals surface area contributed by atoms with Crippen LogP contribution in [0.5, 0.6) is 0 Å². The summed E-state index contributed by atoms with van der Waals surface area (Å²) in [4.78, 5) is 11.2. The maximum Gasteiger partial charge on any atom is 0.460 e. The molecule has 0 spiro atoms. The molecule has 0 rings (SSSR count). The van der Waals surface area contributed by atoms with Crippen molar-refractivity contribution in [2.24, 2.45) is 0 Å². The van der Waals surface area contributed by atoms with E-state index >= 15 is 0 Å². The number of alkyl carbamates (subject to hydrolysis) is 1. The fourth-order valence-electron chi connectivity index (χ4n) is 1.59. The number of hydrogen-bond acceptors (Lipinski definition) is 4. The molecule has 0 atom stereocenters. The van der Waals surface area contributed by atoms with E-state index in [9.17, 15) is 44.3 Å². The third kappa shape index (κ3) is 6.13. The fourth-order valence-corrected chi connectivity index (χ4v) is 2.99. The van der Waals surface area contributed by atoms with Crippen LogP contribution >= 0.6 is 0 Å². The first-order valence-electron chi connectivity index (χ1n) is 7.18. The number of nitrogens with one attached hydrogen (secondary N) is 1. The quantitative estimate of drug-likeness (QED) is 0.318. The minimum atomic E-state index is -7.03. The van der Waals surface area contributed by atoms with Gasteiger partial charge in [0.25, 0.3) is 0 Å². The van der Waals surface area contributed by atoms with Crippen LogP contribution in [0.4, 0.5) is 44.3 Å². The van der Waals surface area contributed by atoms with Gasteiger partial charge in [0.1, 0.15) is 0 Å². The van der Waals surface area contributed by atoms with Crippen LogP contribution in [0.25, 0.3) is 0 Å². The van der Waals surface area contributed by atoms with Crippen LogP contribution in [-0.2, 0) is 13.6 Å². The summed E-state index contributed by atoms with van der Waals surface area (Å²) >= 11 is 0. The van der Waals surface area contributed by atoms with Crippen molar-refractivity contribution < 1.29 is 57.9 Å². The highest BCUT2D eigenvalue weighted by Crippen LogP contribution is 2.53. The molecule has 0 aromatic rings. The molecular formula is C12H18F9NO4Si. The topological polar surface area (TPSA) is 56.8 Å². The molecule has 0 aromatic carbocycles. The Labute approximate surface area is 149 Å². The highest BCUT2D eigenvalue weighted by molar-refractivity contribution is 6.65. The second-order valence-corrected chi connectivity index (χ2v) is 9.08. The van der Waals surface area contributed by atoms with Crippen LogP contribution in [-0.4, -0.2) is 66.0 Å². The normalized spacial score (nSPS) is 14.2. The second-order valence-electron chi connectivity index (χ2n) is 5.50. The Balaban J connectivity index is 4.66. The van der Waals surface area contributed by atoms with Crippen molar-refractivity contribution in [3.05, 3.63) is 0 Å². The third-order valence-corrected chi connectivity index (χ3v) is 6.52. The number of halogens is 9. The molecule has 27 heavy (non-hydrogen) atoms. The van der Waals surface area contributed by atoms with Crippen LogP contribution in [0.2, 0.25) is 12.6 Å². The molecule has 1 N–H and O–H groups in total. The lowest BCUT2D eigenvalue weighted by Gasteiger charge is -2.33. The first kappa shape index (κ1) is 25.8. The van der Waals surface area contributed by atoms with E-state index in [4.69, 9.17) is 8.85 Å². The smallest absolute Gasteiger partial charge is 0.443 e. The second kappa shape index (κ2) is 8.85. The van der Waals surface area contributed by atoms with Crippen LogP contribution in [0, 0.1) is 0 Å². The van der Waals surface area contributed by atoms with E-state index in [1.54, 1.807) is 6.55 Å². The van der Waals surface area contributed by atoms with E-state index in [0.717, 1.165) is 0 Å². The fraction of sp³-hybridized carbons (Fsp3) is 0.917. The lowest BCUT2D eigenvalue weighted by molar-refractivity contribution is -0.398. The number of amides is 1. The van der Waals surface area contributed by atoms with Gasteiger partial charge in [0.15, 0.2) is 6.61 Å². The molecule has 0 saturated carbocycles. The summed E-state index contributed by atoms with van der Waals surface area (Å²) in [6.07, 6.45) is -8.42. The number of carbonyl (C=O) groups excluding carboxylic acids is 1. The van der Waals surface area contributed by atoms with Gasteiger partial charge in [-0.05, 0) is 19.0 Å². The molecule has 0 aliphatic carbocycles. The lowest BCUT2D eigenvalue weighted by atomic mass is 10.0. The van der Waals surface area contributed by atoms with E-state index in [0.29, 0.717) is 6.04 Å². The molecule has 162 valence electrons. The molecule has 0 radical (unpaired) electrons. The Hall–Kier alpha value is -1.22. The molecular weight excluding hydrogens is 421 g/mol. The molecule has 1 amide bonds. The molecule has 0 unspecified atom stereocenters. The first-order valence-corrected chi connectivity index (χ1v) is 9.71. The highest BCUT2D eigenvalue weighted by Gasteiger charge is 2.82. The molecule has 0 heterocycles. The number of ether oxygens (including phenoxy) is 1. The molecule has 0 fully saturated rings. The molecule has 0 bridgehead atoms. The van der Waals surface area contributed by atoms with Crippen LogP contribution in [0.3, 0.4) is 0 Å². The molecule has 5 nitrogen and oxygen atoms in total. The minimum absolute atomic E-state index is 0.200. The number of alkyl halides is 9. The van der Waals surface area contributed by atoms with E-state index in [-0.39, 0.29) is 13.0 Å². The van der Waals surface area contributed by atoms with Crippen LogP contribution in [0.1, 0.15) is 6.42 Å². The predicted octanol–water partition coefficient (Wildman–Crippen LogP) is 3.94. The Morgan fingerprint density at radius 1 is 0.926 bits per heavy atom. The van der Waals surface area contributed by atoms with Crippen molar-refractivity contribution in [3.8, 4) is 0 Å². The zero-order valence-corrected chi connectivity index (χ0v) is 15.4. The standard InChI is InChI=1S/C12H18F9NO4Si/c1-24-27(3,25-2)6-4-5-22-8(23)26-7-9(13,14)10(15,16)11(17,18)12(19,20)21/h4-7H2,1-3H3,(H,22,23). The average Bonchev–Trinajstić information content (AvgIpc) is 2.55. The summed E-state index contributed by atoms with van der Waals surface area (Å²) in [5.74, 6) is -19.8. The van der Waals surface area contributed by atoms with Gasteiger partial charge in [0.2, 0.25) is 0 Å². The Morgan fingerprint density at radius 2 is 1.41 bits per heavy atom. The van der Waals surface area contributed by atoms with Crippen molar-refractivity contribution >= 4 is 14.7 Å². The van der Waals surface area contributed by atoms with Crippen LogP contribution in [0.15, 0.2) is 0 Å². The third-order valence-electron chi connectivity index (χ3n) is 3.53. The van der Waals surface area contributed by atoms with Gasteiger partial charge in [-0.25, -0.2) is 4.79 Å². The largest absolute Gasteiger partial charge is 0.460 e. The summed E-state index contributed by atoms with van der Waals surface area (Å²) < 4.78 is 127. The lowest BCUT2D eigenvalue weighted by Crippen LogP contribution is -2.62. The van der Waals surface area contributed by atoms with Gasteiger partial charge in [-0.15, -0.1) is 0 Å². The van der Waals surface area contributed by atoms with E-state index in [1.165, 1.54) is 14.2 Å². The monoisotopic (exact) mass is 439 g/mol. The zero-order chi connectivity index (χ0) is 21.7. The molecule has 0 aliphatic heterocycles. The maximum atomic E-state index is 13.2. The van der Waals surface area contributed by atoms with Crippen LogP contribution < -0.4 is 5.32 Å². The van der Waals surface area contributed by atoms with E-state index in [1.807, 2.05) is 5.32 Å². The average molecular weight is 439 g/mol. The van der Waals surface area contributed by atoms with Gasteiger partial charge >= 0.3 is 38.6 Å². The summed E-state index contributed by atoms with van der Waals surface area (Å²) in [5.41, 5.74) is 0. The molecule has 0 aliphatic rings. The van der Waals surface area contributed by atoms with Gasteiger partial charge in [-0.1, -0.05) is 0 Å². The maximum absolute atomic E-state index is 13.2. The number of hydrogen-bond donors (Lipinski definition) is 1. The van der Waals surface area contributed by atoms with E-state index in [2.05, 4.69) is 4.74 Å². The first-order chi connectivity index (χ1) is 12.0. The van der Waals surface area contributed by atoms with Gasteiger partial charge in [0, 0.05) is 20.8 Å². The van der Waals surface area contributed by atoms with Gasteiger partial charge in [0.05, 0.1) is 0 Å². The predicted molar refractivity (Wildman–Crippen MR) is 75.3 cm³/mol. The minimum Gasteiger partial charge on any atom is -0.443 e. The highest BCUT2D eigenvalue weighted by atomic mass is 28.4. The van der Waals surface area contributed by atoms with Gasteiger partial charge in [-0.2, -0.15) is 39.5 Å². The Kier molecular flexibility index (Phi) is 8.45.